The van der Waals surface area contributed by atoms with Crippen LogP contribution in [0, 0.1) is 20.8 Å². The monoisotopic (exact) mass is 503 g/mol. The van der Waals surface area contributed by atoms with E-state index in [4.69, 9.17) is 9.47 Å². The summed E-state index contributed by atoms with van der Waals surface area (Å²) in [7, 11) is 1.79. The van der Waals surface area contributed by atoms with Gasteiger partial charge in [0.2, 0.25) is 0 Å². The number of carbonyl (C=O) groups is 2. The van der Waals surface area contributed by atoms with Crippen molar-refractivity contribution in [2.75, 3.05) is 39.9 Å². The zero-order chi connectivity index (χ0) is 26.2. The molecule has 2 aliphatic heterocycles. The van der Waals surface area contributed by atoms with E-state index in [9.17, 15) is 9.59 Å². The first kappa shape index (κ1) is 25.3. The van der Waals surface area contributed by atoms with Gasteiger partial charge in [-0.15, -0.1) is 0 Å². The Kier molecular flexibility index (Phi) is 6.99. The maximum atomic E-state index is 13.8. The van der Waals surface area contributed by atoms with Crippen LogP contribution in [-0.4, -0.2) is 72.1 Å². The highest BCUT2D eigenvalue weighted by Crippen LogP contribution is 2.31. The van der Waals surface area contributed by atoms with Crippen LogP contribution >= 0.6 is 0 Å². The fraction of sp³-hybridized carbons (Fsp3) is 0.467. The quantitative estimate of drug-likeness (QED) is 0.528. The number of benzene rings is 2. The predicted octanol–water partition coefficient (Wildman–Crippen LogP) is 4.57. The first-order valence-electron chi connectivity index (χ1n) is 13.3. The van der Waals surface area contributed by atoms with E-state index < -0.39 is 5.60 Å². The van der Waals surface area contributed by atoms with Crippen molar-refractivity contribution in [2.45, 2.75) is 52.1 Å². The Morgan fingerprint density at radius 1 is 1.05 bits per heavy atom. The van der Waals surface area contributed by atoms with Gasteiger partial charge in [-0.25, -0.2) is 0 Å². The van der Waals surface area contributed by atoms with Crippen LogP contribution in [0.25, 0.3) is 10.9 Å². The number of morpholine rings is 1. The van der Waals surface area contributed by atoms with Gasteiger partial charge in [0.15, 0.2) is 5.60 Å². The lowest BCUT2D eigenvalue weighted by molar-refractivity contribution is -0.169. The first-order valence-corrected chi connectivity index (χ1v) is 13.3. The van der Waals surface area contributed by atoms with Crippen molar-refractivity contribution in [1.29, 1.82) is 0 Å². The molecule has 196 valence electrons. The van der Waals surface area contributed by atoms with E-state index in [1.165, 1.54) is 11.1 Å². The van der Waals surface area contributed by atoms with E-state index in [2.05, 4.69) is 37.0 Å². The zero-order valence-corrected chi connectivity index (χ0v) is 22.4. The molecular weight excluding hydrogens is 466 g/mol. The van der Waals surface area contributed by atoms with Crippen LogP contribution in [0.3, 0.4) is 0 Å². The Morgan fingerprint density at radius 3 is 2.70 bits per heavy atom. The highest BCUT2D eigenvalue weighted by Gasteiger charge is 2.46. The summed E-state index contributed by atoms with van der Waals surface area (Å²) in [6.07, 6.45) is 3.19. The number of hydrogen-bond acceptors (Lipinski definition) is 4. The number of aromatic amines is 1. The molecule has 0 bridgehead atoms. The standard InChI is InChI=1S/C30H37N3O4/c1-20-17-21(2)26-24(18-20)22(3)27(31-26)28(34)33-14-16-37-30(19-33)12-8-7-10-23-9-5-6-11-25(23)36-15-13-32(4)29(30)35/h5-6,9,11,17-18,31H,7-8,10,12-16,19H2,1-4H3. The third kappa shape index (κ3) is 4.85. The molecule has 7 heteroatoms. The average Bonchev–Trinajstić information content (AvgIpc) is 3.22. The molecule has 2 aliphatic rings. The lowest BCUT2D eigenvalue weighted by Gasteiger charge is -2.43. The Hall–Kier alpha value is -3.32. The summed E-state index contributed by atoms with van der Waals surface area (Å²) in [6, 6.07) is 12.4. The molecule has 7 nitrogen and oxygen atoms in total. The molecule has 1 fully saturated rings. The van der Waals surface area contributed by atoms with Crippen molar-refractivity contribution in [3.8, 4) is 5.75 Å². The van der Waals surface area contributed by atoms with E-state index in [0.717, 1.165) is 47.0 Å². The second-order valence-electron chi connectivity index (χ2n) is 10.6. The number of likely N-dealkylation sites (N-methyl/N-ethyl adjacent to an activating group) is 1. The van der Waals surface area contributed by atoms with Gasteiger partial charge >= 0.3 is 0 Å². The van der Waals surface area contributed by atoms with Crippen LogP contribution in [0.5, 0.6) is 5.75 Å². The normalized spacial score (nSPS) is 21.4. The highest BCUT2D eigenvalue weighted by atomic mass is 16.5. The minimum absolute atomic E-state index is 0.0766. The van der Waals surface area contributed by atoms with Crippen LogP contribution in [0.4, 0.5) is 0 Å². The van der Waals surface area contributed by atoms with E-state index >= 15 is 0 Å². The maximum Gasteiger partial charge on any atom is 0.270 e. The van der Waals surface area contributed by atoms with Gasteiger partial charge in [0.1, 0.15) is 18.1 Å². The van der Waals surface area contributed by atoms with Gasteiger partial charge in [0.25, 0.3) is 11.8 Å². The third-order valence-corrected chi connectivity index (χ3v) is 7.87. The van der Waals surface area contributed by atoms with Gasteiger partial charge in [-0.1, -0.05) is 29.8 Å². The molecule has 0 saturated carbocycles. The number of H-pyrrole nitrogens is 1. The van der Waals surface area contributed by atoms with Crippen LogP contribution in [0.1, 0.15) is 52.0 Å². The van der Waals surface area contributed by atoms with Gasteiger partial charge < -0.3 is 24.3 Å². The Bertz CT molecular complexity index is 1330. The van der Waals surface area contributed by atoms with E-state index in [-0.39, 0.29) is 18.4 Å². The maximum absolute atomic E-state index is 13.8. The number of hydrogen-bond donors (Lipinski definition) is 1. The van der Waals surface area contributed by atoms with Gasteiger partial charge in [-0.2, -0.15) is 0 Å². The van der Waals surface area contributed by atoms with Crippen molar-refractivity contribution >= 4 is 22.7 Å². The summed E-state index contributed by atoms with van der Waals surface area (Å²) < 4.78 is 12.3. The summed E-state index contributed by atoms with van der Waals surface area (Å²) in [5, 5.41) is 1.07. The number of para-hydroxylation sites is 1. The number of ether oxygens (including phenoxy) is 2. The zero-order valence-electron chi connectivity index (χ0n) is 22.4. The molecule has 1 atom stereocenters. The fourth-order valence-electron chi connectivity index (χ4n) is 5.82. The van der Waals surface area contributed by atoms with Crippen molar-refractivity contribution in [3.05, 3.63) is 64.3 Å². The largest absolute Gasteiger partial charge is 0.491 e. The molecule has 3 aromatic rings. The second kappa shape index (κ2) is 10.2. The van der Waals surface area contributed by atoms with Gasteiger partial charge in [0.05, 0.1) is 19.7 Å². The molecule has 1 saturated heterocycles. The van der Waals surface area contributed by atoms with Gasteiger partial charge in [-0.05, 0) is 75.3 Å². The SMILES string of the molecule is Cc1cc(C)c2[nH]c(C(=O)N3CCOC4(CCCCc5ccccc5OCCN(C)C4=O)C3)c(C)c2c1. The fourth-order valence-corrected chi connectivity index (χ4v) is 5.82. The molecule has 1 aromatic heterocycles. The minimum Gasteiger partial charge on any atom is -0.491 e. The average molecular weight is 504 g/mol. The number of aromatic nitrogens is 1. The number of amides is 2. The lowest BCUT2D eigenvalue weighted by Crippen LogP contribution is -2.61. The molecule has 37 heavy (non-hydrogen) atoms. The highest BCUT2D eigenvalue weighted by molar-refractivity contribution is 6.02. The summed E-state index contributed by atoms with van der Waals surface area (Å²) in [5.41, 5.74) is 4.97. The Labute approximate surface area is 218 Å². The summed E-state index contributed by atoms with van der Waals surface area (Å²) in [4.78, 5) is 34.5. The van der Waals surface area contributed by atoms with E-state index in [1.807, 2.05) is 25.1 Å². The molecule has 1 spiro atoms. The van der Waals surface area contributed by atoms with Crippen LogP contribution in [0.2, 0.25) is 0 Å². The Balaban J connectivity index is 1.40. The van der Waals surface area contributed by atoms with Crippen molar-refractivity contribution in [2.24, 2.45) is 0 Å². The third-order valence-electron chi connectivity index (χ3n) is 7.87. The molecule has 2 amide bonds. The first-order chi connectivity index (χ1) is 17.8. The summed E-state index contributed by atoms with van der Waals surface area (Å²) >= 11 is 0. The van der Waals surface area contributed by atoms with Crippen molar-refractivity contribution < 1.29 is 19.1 Å². The van der Waals surface area contributed by atoms with E-state index in [0.29, 0.717) is 38.4 Å². The predicted molar refractivity (Wildman–Crippen MR) is 144 cm³/mol. The smallest absolute Gasteiger partial charge is 0.270 e. The number of aryl methyl sites for hydroxylation is 4. The minimum atomic E-state index is -1.05. The molecule has 0 radical (unpaired) electrons. The van der Waals surface area contributed by atoms with Crippen LogP contribution in [0.15, 0.2) is 36.4 Å². The van der Waals surface area contributed by atoms with Gasteiger partial charge in [0, 0.05) is 24.5 Å². The van der Waals surface area contributed by atoms with Gasteiger partial charge in [-0.3, -0.25) is 9.59 Å². The number of nitrogens with zero attached hydrogens (tertiary/aromatic N) is 2. The molecule has 2 aromatic carbocycles. The molecular formula is C30H37N3O4. The van der Waals surface area contributed by atoms with Crippen LogP contribution in [-0.2, 0) is 16.0 Å². The van der Waals surface area contributed by atoms with E-state index in [1.54, 1.807) is 16.8 Å². The lowest BCUT2D eigenvalue weighted by atomic mass is 9.91. The number of nitrogens with one attached hydrogen (secondary N) is 1. The number of fused-ring (bicyclic) bond motifs is 2. The number of carbonyl (C=O) groups excluding carboxylic acids is 2. The molecule has 3 heterocycles. The molecule has 1 unspecified atom stereocenters. The topological polar surface area (TPSA) is 74.9 Å². The second-order valence-corrected chi connectivity index (χ2v) is 10.6. The molecule has 5 rings (SSSR count). The van der Waals surface area contributed by atoms with Crippen molar-refractivity contribution in [1.82, 2.24) is 14.8 Å². The summed E-state index contributed by atoms with van der Waals surface area (Å²) in [5.74, 6) is 0.734. The van der Waals surface area contributed by atoms with Crippen LogP contribution < -0.4 is 4.74 Å². The Morgan fingerprint density at radius 2 is 1.86 bits per heavy atom. The number of rotatable bonds is 1. The molecule has 1 N–H and O–H groups in total. The van der Waals surface area contributed by atoms with Crippen molar-refractivity contribution in [3.63, 3.8) is 0 Å². The molecule has 0 aliphatic carbocycles. The summed E-state index contributed by atoms with van der Waals surface area (Å²) in [6.45, 7) is 8.03.